The molecule has 152 valence electrons. The van der Waals surface area contributed by atoms with Gasteiger partial charge in [-0.05, 0) is 49.7 Å². The molecule has 29 heavy (non-hydrogen) atoms. The monoisotopic (exact) mass is 449 g/mol. The summed E-state index contributed by atoms with van der Waals surface area (Å²) in [6, 6.07) is 12.9. The van der Waals surface area contributed by atoms with Crippen LogP contribution in [0.25, 0.3) is 0 Å². The van der Waals surface area contributed by atoms with Gasteiger partial charge in [0.15, 0.2) is 11.0 Å². The van der Waals surface area contributed by atoms with Gasteiger partial charge in [0.1, 0.15) is 0 Å². The van der Waals surface area contributed by atoms with Crippen LogP contribution in [0.4, 0.5) is 11.4 Å². The highest BCUT2D eigenvalue weighted by Crippen LogP contribution is 2.24. The Morgan fingerprint density at radius 3 is 2.69 bits per heavy atom. The Morgan fingerprint density at radius 2 is 1.97 bits per heavy atom. The quantitative estimate of drug-likeness (QED) is 0.487. The molecule has 0 unspecified atom stereocenters. The first-order chi connectivity index (χ1) is 13.8. The zero-order valence-electron chi connectivity index (χ0n) is 16.2. The van der Waals surface area contributed by atoms with Crippen molar-refractivity contribution in [3.63, 3.8) is 0 Å². The Labute approximate surface area is 184 Å². The van der Waals surface area contributed by atoms with E-state index in [1.807, 2.05) is 43.7 Å². The van der Waals surface area contributed by atoms with Gasteiger partial charge in [-0.1, -0.05) is 47.1 Å². The van der Waals surface area contributed by atoms with Crippen molar-refractivity contribution in [2.75, 3.05) is 10.6 Å². The van der Waals surface area contributed by atoms with Crippen molar-refractivity contribution < 1.29 is 4.79 Å². The fraction of sp³-hybridized carbons (Fsp3) is 0.250. The van der Waals surface area contributed by atoms with Gasteiger partial charge in [-0.3, -0.25) is 4.79 Å². The molecule has 0 saturated heterocycles. The van der Waals surface area contributed by atoms with Crippen LogP contribution in [0.15, 0.2) is 47.6 Å². The molecule has 0 aliphatic carbocycles. The van der Waals surface area contributed by atoms with Crippen LogP contribution in [0.5, 0.6) is 0 Å². The maximum atomic E-state index is 12.5. The second kappa shape index (κ2) is 9.52. The molecule has 9 heteroatoms. The van der Waals surface area contributed by atoms with Crippen LogP contribution >= 0.6 is 35.0 Å². The number of hydrogen-bond donors (Lipinski definition) is 2. The molecular weight excluding hydrogens is 429 g/mol. The Bertz CT molecular complexity index is 1020. The normalized spacial score (nSPS) is 11.9. The van der Waals surface area contributed by atoms with E-state index in [1.54, 1.807) is 24.3 Å². The van der Waals surface area contributed by atoms with Crippen LogP contribution in [0.2, 0.25) is 10.0 Å². The summed E-state index contributed by atoms with van der Waals surface area (Å²) >= 11 is 13.5. The van der Waals surface area contributed by atoms with E-state index >= 15 is 0 Å². The number of amides is 1. The predicted octanol–water partition coefficient (Wildman–Crippen LogP) is 5.16. The summed E-state index contributed by atoms with van der Waals surface area (Å²) in [6.07, 6.45) is 0. The SMILES string of the molecule is Cc1ccc(NCc2nnc(S[C@@H](C)C(=O)Nc3cccc(Cl)c3)n2C)cc1Cl. The van der Waals surface area contributed by atoms with Gasteiger partial charge in [0.2, 0.25) is 5.91 Å². The number of aryl methyl sites for hydroxylation is 1. The number of halogens is 2. The number of thioether (sulfide) groups is 1. The van der Waals surface area contributed by atoms with Crippen molar-refractivity contribution >= 4 is 52.2 Å². The Kier molecular flexibility index (Phi) is 7.05. The smallest absolute Gasteiger partial charge is 0.237 e. The maximum absolute atomic E-state index is 12.5. The third-order valence-electron chi connectivity index (χ3n) is 4.29. The van der Waals surface area contributed by atoms with Crippen LogP contribution in [-0.4, -0.2) is 25.9 Å². The highest BCUT2D eigenvalue weighted by atomic mass is 35.5. The molecule has 2 N–H and O–H groups in total. The van der Waals surface area contributed by atoms with E-state index in [0.29, 0.717) is 27.4 Å². The number of carbonyl (C=O) groups is 1. The van der Waals surface area contributed by atoms with Crippen LogP contribution in [0, 0.1) is 6.92 Å². The van der Waals surface area contributed by atoms with E-state index in [9.17, 15) is 4.79 Å². The number of hydrogen-bond acceptors (Lipinski definition) is 5. The lowest BCUT2D eigenvalue weighted by Gasteiger charge is -2.12. The zero-order chi connectivity index (χ0) is 21.0. The lowest BCUT2D eigenvalue weighted by atomic mass is 10.2. The van der Waals surface area contributed by atoms with Gasteiger partial charge >= 0.3 is 0 Å². The Morgan fingerprint density at radius 1 is 1.17 bits per heavy atom. The van der Waals surface area contributed by atoms with Gasteiger partial charge in [-0.15, -0.1) is 10.2 Å². The molecule has 6 nitrogen and oxygen atoms in total. The topological polar surface area (TPSA) is 71.8 Å². The van der Waals surface area contributed by atoms with Crippen LogP contribution < -0.4 is 10.6 Å². The molecule has 0 aliphatic heterocycles. The minimum absolute atomic E-state index is 0.130. The molecule has 0 fully saturated rings. The molecule has 1 amide bonds. The highest BCUT2D eigenvalue weighted by molar-refractivity contribution is 8.00. The standard InChI is InChI=1S/C20H21Cl2N5OS/c1-12-7-8-15(10-17(12)22)23-11-18-25-26-20(27(18)3)29-13(2)19(28)24-16-6-4-5-14(21)9-16/h4-10,13,23H,11H2,1-3H3,(H,24,28)/t13-/m0/s1. The summed E-state index contributed by atoms with van der Waals surface area (Å²) in [5.41, 5.74) is 2.60. The summed E-state index contributed by atoms with van der Waals surface area (Å²) in [5, 5.41) is 16.2. The van der Waals surface area contributed by atoms with Gasteiger partial charge in [-0.25, -0.2) is 0 Å². The largest absolute Gasteiger partial charge is 0.378 e. The summed E-state index contributed by atoms with van der Waals surface area (Å²) < 4.78 is 1.87. The third-order valence-corrected chi connectivity index (χ3v) is 6.07. The highest BCUT2D eigenvalue weighted by Gasteiger charge is 2.19. The molecular formula is C20H21Cl2N5OS. The fourth-order valence-electron chi connectivity index (χ4n) is 2.51. The van der Waals surface area contributed by atoms with E-state index in [4.69, 9.17) is 23.2 Å². The number of benzene rings is 2. The van der Waals surface area contributed by atoms with Crippen molar-refractivity contribution in [2.45, 2.75) is 30.8 Å². The molecule has 0 aliphatic rings. The first kappa shape index (κ1) is 21.5. The molecule has 1 atom stereocenters. The lowest BCUT2D eigenvalue weighted by Crippen LogP contribution is -2.22. The van der Waals surface area contributed by atoms with E-state index in [2.05, 4.69) is 20.8 Å². The van der Waals surface area contributed by atoms with Crippen molar-refractivity contribution in [3.8, 4) is 0 Å². The minimum Gasteiger partial charge on any atom is -0.378 e. The maximum Gasteiger partial charge on any atom is 0.237 e. The van der Waals surface area contributed by atoms with E-state index in [0.717, 1.165) is 17.1 Å². The van der Waals surface area contributed by atoms with Crippen molar-refractivity contribution in [3.05, 3.63) is 63.9 Å². The van der Waals surface area contributed by atoms with E-state index in [1.165, 1.54) is 11.8 Å². The number of anilines is 2. The number of carbonyl (C=O) groups excluding carboxylic acids is 1. The molecule has 3 aromatic rings. The molecule has 0 radical (unpaired) electrons. The molecule has 1 aromatic heterocycles. The first-order valence-corrected chi connectivity index (χ1v) is 10.6. The third kappa shape index (κ3) is 5.65. The molecule has 3 rings (SSSR count). The van der Waals surface area contributed by atoms with E-state index in [-0.39, 0.29) is 11.2 Å². The summed E-state index contributed by atoms with van der Waals surface area (Å²) in [4.78, 5) is 12.5. The molecule has 2 aromatic carbocycles. The van der Waals surface area contributed by atoms with Gasteiger partial charge in [0, 0.05) is 28.5 Å². The summed E-state index contributed by atoms with van der Waals surface area (Å²) in [7, 11) is 1.88. The molecule has 0 saturated carbocycles. The predicted molar refractivity (Wildman–Crippen MR) is 120 cm³/mol. The molecule has 1 heterocycles. The first-order valence-electron chi connectivity index (χ1n) is 8.95. The van der Waals surface area contributed by atoms with Crippen molar-refractivity contribution in [1.29, 1.82) is 0 Å². The lowest BCUT2D eigenvalue weighted by molar-refractivity contribution is -0.115. The van der Waals surface area contributed by atoms with Crippen LogP contribution in [-0.2, 0) is 18.4 Å². The average molecular weight is 450 g/mol. The van der Waals surface area contributed by atoms with Gasteiger partial charge in [0.25, 0.3) is 0 Å². The number of nitrogens with zero attached hydrogens (tertiary/aromatic N) is 3. The second-order valence-electron chi connectivity index (χ2n) is 6.54. The summed E-state index contributed by atoms with van der Waals surface area (Å²) in [5.74, 6) is 0.626. The summed E-state index contributed by atoms with van der Waals surface area (Å²) in [6.45, 7) is 4.28. The Balaban J connectivity index is 1.59. The van der Waals surface area contributed by atoms with Gasteiger partial charge < -0.3 is 15.2 Å². The molecule has 0 spiro atoms. The van der Waals surface area contributed by atoms with Gasteiger partial charge in [0.05, 0.1) is 11.8 Å². The molecule has 0 bridgehead atoms. The number of aromatic nitrogens is 3. The van der Waals surface area contributed by atoms with Crippen molar-refractivity contribution in [1.82, 2.24) is 14.8 Å². The van der Waals surface area contributed by atoms with Crippen LogP contribution in [0.1, 0.15) is 18.3 Å². The van der Waals surface area contributed by atoms with Crippen LogP contribution in [0.3, 0.4) is 0 Å². The minimum atomic E-state index is -0.353. The fourth-order valence-corrected chi connectivity index (χ4v) is 3.71. The van der Waals surface area contributed by atoms with Crippen molar-refractivity contribution in [2.24, 2.45) is 7.05 Å². The van der Waals surface area contributed by atoms with Gasteiger partial charge in [-0.2, -0.15) is 0 Å². The number of nitrogens with one attached hydrogen (secondary N) is 2. The zero-order valence-corrected chi connectivity index (χ0v) is 18.6. The number of rotatable bonds is 7. The van der Waals surface area contributed by atoms with E-state index < -0.39 is 0 Å². The second-order valence-corrected chi connectivity index (χ2v) is 8.69. The average Bonchev–Trinajstić information content (AvgIpc) is 3.02. The Hall–Kier alpha value is -2.22.